The Morgan fingerprint density at radius 3 is 2.17 bits per heavy atom. The van der Waals surface area contributed by atoms with Gasteiger partial charge in [-0.05, 0) is 18.0 Å². The number of nitrogens with two attached hydrogens (primary N) is 1. The summed E-state index contributed by atoms with van der Waals surface area (Å²) in [5, 5.41) is 10.4. The van der Waals surface area contributed by atoms with Crippen molar-refractivity contribution in [3.63, 3.8) is 0 Å². The van der Waals surface area contributed by atoms with Gasteiger partial charge in [-0.3, -0.25) is 0 Å². The summed E-state index contributed by atoms with van der Waals surface area (Å²) in [5.74, 6) is 0. The fourth-order valence-electron chi connectivity index (χ4n) is 0.403. The van der Waals surface area contributed by atoms with E-state index in [9.17, 15) is 0 Å². The summed E-state index contributed by atoms with van der Waals surface area (Å²) in [6.45, 7) is 6.83. The van der Waals surface area contributed by atoms with Gasteiger partial charge in [-0.2, -0.15) is 0 Å². The van der Waals surface area contributed by atoms with Crippen LogP contribution in [0.15, 0.2) is 17.5 Å². The van der Waals surface area contributed by atoms with Gasteiger partial charge < -0.3 is 10.8 Å². The highest BCUT2D eigenvalue weighted by Gasteiger charge is 1.83. The second-order valence-corrected chi connectivity index (χ2v) is 2.68. The topological polar surface area (TPSA) is 46.2 Å². The van der Waals surface area contributed by atoms with Crippen molar-refractivity contribution in [2.75, 3.05) is 6.54 Å². The van der Waals surface area contributed by atoms with Crippen LogP contribution in [-0.2, 0) is 6.61 Å². The Labute approximate surface area is 79.0 Å². The molecule has 1 heterocycles. The van der Waals surface area contributed by atoms with Crippen LogP contribution in [0.3, 0.4) is 0 Å². The molecule has 0 saturated carbocycles. The highest BCUT2D eigenvalue weighted by Crippen LogP contribution is 2.06. The van der Waals surface area contributed by atoms with E-state index >= 15 is 0 Å². The fraction of sp³-hybridized carbons (Fsp3) is 0.556. The second-order valence-electron chi connectivity index (χ2n) is 1.65. The van der Waals surface area contributed by atoms with Crippen molar-refractivity contribution in [3.8, 4) is 0 Å². The zero-order valence-electron chi connectivity index (χ0n) is 8.08. The maximum atomic E-state index is 8.44. The molecule has 72 valence electrons. The third kappa shape index (κ3) is 9.62. The molecule has 0 aliphatic heterocycles. The highest BCUT2D eigenvalue weighted by molar-refractivity contribution is 7.09. The molecule has 1 rings (SSSR count). The van der Waals surface area contributed by atoms with E-state index in [4.69, 9.17) is 10.8 Å². The molecular formula is C9H19NOS. The van der Waals surface area contributed by atoms with Crippen LogP contribution >= 0.6 is 11.3 Å². The summed E-state index contributed by atoms with van der Waals surface area (Å²) in [6.07, 6.45) is 0. The minimum absolute atomic E-state index is 0.178. The average Bonchev–Trinajstić information content (AvgIpc) is 2.61. The molecule has 12 heavy (non-hydrogen) atoms. The van der Waals surface area contributed by atoms with Gasteiger partial charge in [-0.15, -0.1) is 11.3 Å². The van der Waals surface area contributed by atoms with Gasteiger partial charge in [0.15, 0.2) is 0 Å². The highest BCUT2D eigenvalue weighted by atomic mass is 32.1. The van der Waals surface area contributed by atoms with Gasteiger partial charge in [-0.25, -0.2) is 0 Å². The number of hydrogen-bond acceptors (Lipinski definition) is 3. The molecule has 3 N–H and O–H groups in total. The Kier molecular flexibility index (Phi) is 15.6. The second kappa shape index (κ2) is 13.2. The predicted octanol–water partition coefficient (Wildman–Crippen LogP) is 2.23. The van der Waals surface area contributed by atoms with Crippen molar-refractivity contribution in [2.45, 2.75) is 27.4 Å². The first-order valence-electron chi connectivity index (χ1n) is 4.18. The standard InChI is InChI=1S/C5H6OS.C2H7N.C2H6/c6-4-5-2-1-3-7-5;1-2-3;1-2/h1-3,6H,4H2;2-3H2,1H3;1-2H3. The molecule has 0 atom stereocenters. The minimum Gasteiger partial charge on any atom is -0.391 e. The molecule has 3 heteroatoms. The largest absolute Gasteiger partial charge is 0.391 e. The van der Waals surface area contributed by atoms with E-state index in [-0.39, 0.29) is 6.61 Å². The van der Waals surface area contributed by atoms with Gasteiger partial charge in [0.1, 0.15) is 0 Å². The summed E-state index contributed by atoms with van der Waals surface area (Å²) in [5.41, 5.74) is 4.85. The maximum absolute atomic E-state index is 8.44. The Bertz CT molecular complexity index is 140. The van der Waals surface area contributed by atoms with Crippen LogP contribution in [-0.4, -0.2) is 11.7 Å². The third-order valence-corrected chi connectivity index (χ3v) is 1.60. The molecule has 0 radical (unpaired) electrons. The van der Waals surface area contributed by atoms with E-state index in [0.717, 1.165) is 11.4 Å². The molecule has 0 saturated heterocycles. The molecule has 1 aromatic rings. The van der Waals surface area contributed by atoms with Gasteiger partial charge in [0.05, 0.1) is 6.61 Å². The first kappa shape index (κ1) is 14.2. The van der Waals surface area contributed by atoms with Crippen molar-refractivity contribution in [1.82, 2.24) is 0 Å². The van der Waals surface area contributed by atoms with Crippen LogP contribution in [0.1, 0.15) is 25.6 Å². The quantitative estimate of drug-likeness (QED) is 0.711. The Morgan fingerprint density at radius 2 is 2.00 bits per heavy atom. The summed E-state index contributed by atoms with van der Waals surface area (Å²) in [6, 6.07) is 3.83. The molecule has 0 bridgehead atoms. The maximum Gasteiger partial charge on any atom is 0.0774 e. The van der Waals surface area contributed by atoms with Crippen LogP contribution < -0.4 is 5.73 Å². The Hall–Kier alpha value is -0.380. The zero-order chi connectivity index (χ0) is 9.82. The molecule has 0 amide bonds. The van der Waals surface area contributed by atoms with Gasteiger partial charge >= 0.3 is 0 Å². The number of hydrogen-bond donors (Lipinski definition) is 2. The molecule has 0 aliphatic rings. The van der Waals surface area contributed by atoms with Gasteiger partial charge in [0.25, 0.3) is 0 Å². The predicted molar refractivity (Wildman–Crippen MR) is 56.3 cm³/mol. The fourth-order valence-corrected chi connectivity index (χ4v) is 0.966. The summed E-state index contributed by atoms with van der Waals surface area (Å²) in [7, 11) is 0. The van der Waals surface area contributed by atoms with Crippen LogP contribution in [0.4, 0.5) is 0 Å². The van der Waals surface area contributed by atoms with Crippen LogP contribution in [0.5, 0.6) is 0 Å². The number of thiophene rings is 1. The third-order valence-electron chi connectivity index (χ3n) is 0.736. The van der Waals surface area contributed by atoms with Crippen LogP contribution in [0.2, 0.25) is 0 Å². The lowest BCUT2D eigenvalue weighted by atomic mass is 10.5. The first-order valence-corrected chi connectivity index (χ1v) is 5.06. The Morgan fingerprint density at radius 1 is 1.50 bits per heavy atom. The van der Waals surface area contributed by atoms with Crippen molar-refractivity contribution in [1.29, 1.82) is 0 Å². The average molecular weight is 189 g/mol. The molecule has 0 unspecified atom stereocenters. The zero-order valence-corrected chi connectivity index (χ0v) is 8.90. The lowest BCUT2D eigenvalue weighted by molar-refractivity contribution is 0.285. The molecule has 1 aromatic heterocycles. The van der Waals surface area contributed by atoms with Crippen LogP contribution in [0, 0.1) is 0 Å². The number of aliphatic hydroxyl groups excluding tert-OH is 1. The summed E-state index contributed by atoms with van der Waals surface area (Å²) in [4.78, 5) is 1.03. The van der Waals surface area contributed by atoms with Gasteiger partial charge in [0, 0.05) is 4.88 Å². The monoisotopic (exact) mass is 189 g/mol. The van der Waals surface area contributed by atoms with Crippen LogP contribution in [0.25, 0.3) is 0 Å². The van der Waals surface area contributed by atoms with Crippen molar-refractivity contribution >= 4 is 11.3 Å². The first-order chi connectivity index (χ1) is 5.85. The summed E-state index contributed by atoms with van der Waals surface area (Å²) >= 11 is 1.57. The van der Waals surface area contributed by atoms with E-state index in [1.165, 1.54) is 0 Å². The number of rotatable bonds is 1. The lowest BCUT2D eigenvalue weighted by Gasteiger charge is -1.78. The molecule has 0 fully saturated rings. The molecule has 0 aliphatic carbocycles. The minimum atomic E-state index is 0.178. The smallest absolute Gasteiger partial charge is 0.0774 e. The molecule has 0 aromatic carbocycles. The van der Waals surface area contributed by atoms with Crippen molar-refractivity contribution < 1.29 is 5.11 Å². The number of aliphatic hydroxyl groups is 1. The summed E-state index contributed by atoms with van der Waals surface area (Å²) < 4.78 is 0. The Balaban J connectivity index is 0. The molecular weight excluding hydrogens is 170 g/mol. The SMILES string of the molecule is CC.CCN.OCc1cccs1. The van der Waals surface area contributed by atoms with E-state index in [1.807, 2.05) is 38.3 Å². The normalized spacial score (nSPS) is 7.42. The van der Waals surface area contributed by atoms with Gasteiger partial charge in [0.2, 0.25) is 0 Å². The van der Waals surface area contributed by atoms with E-state index in [2.05, 4.69) is 0 Å². The van der Waals surface area contributed by atoms with Crippen molar-refractivity contribution in [3.05, 3.63) is 22.4 Å². The van der Waals surface area contributed by atoms with Gasteiger partial charge in [-0.1, -0.05) is 26.8 Å². The molecule has 0 spiro atoms. The van der Waals surface area contributed by atoms with Crippen molar-refractivity contribution in [2.24, 2.45) is 5.73 Å². The van der Waals surface area contributed by atoms with E-state index < -0.39 is 0 Å². The lowest BCUT2D eigenvalue weighted by Crippen LogP contribution is -1.87. The molecule has 2 nitrogen and oxygen atoms in total. The van der Waals surface area contributed by atoms with E-state index in [0.29, 0.717) is 0 Å². The van der Waals surface area contributed by atoms with E-state index in [1.54, 1.807) is 11.3 Å².